The van der Waals surface area contributed by atoms with Crippen LogP contribution in [0, 0.1) is 17.4 Å². The van der Waals surface area contributed by atoms with Gasteiger partial charge in [-0.3, -0.25) is 0 Å². The zero-order chi connectivity index (χ0) is 10.4. The van der Waals surface area contributed by atoms with E-state index in [-0.39, 0.29) is 0 Å². The van der Waals surface area contributed by atoms with E-state index in [4.69, 9.17) is 0 Å². The highest BCUT2D eigenvalue weighted by molar-refractivity contribution is 5.47. The predicted molar refractivity (Wildman–Crippen MR) is 61.3 cm³/mol. The minimum absolute atomic E-state index is 1.05. The summed E-state index contributed by atoms with van der Waals surface area (Å²) < 4.78 is 0. The van der Waals surface area contributed by atoms with Gasteiger partial charge in [-0.2, -0.15) is 0 Å². The van der Waals surface area contributed by atoms with Crippen molar-refractivity contribution < 1.29 is 0 Å². The molecule has 3 rings (SSSR count). The van der Waals surface area contributed by atoms with E-state index < -0.39 is 0 Å². The van der Waals surface area contributed by atoms with Crippen molar-refractivity contribution in [2.45, 2.75) is 6.92 Å². The maximum atomic E-state index is 4.58. The number of para-hydroxylation sites is 1. The Hall–Kier alpha value is -1.89. The van der Waals surface area contributed by atoms with Crippen molar-refractivity contribution in [3.63, 3.8) is 0 Å². The normalized spacial score (nSPS) is 11.8. The Balaban J connectivity index is 2.74. The largest absolute Gasteiger partial charge is 0.248 e. The van der Waals surface area contributed by atoms with Gasteiger partial charge in [0.1, 0.15) is 0 Å². The van der Waals surface area contributed by atoms with Crippen LogP contribution < -0.4 is 10.6 Å². The van der Waals surface area contributed by atoms with Gasteiger partial charge in [-0.15, -0.1) is 0 Å². The molecule has 2 aromatic carbocycles. The van der Waals surface area contributed by atoms with E-state index in [0.29, 0.717) is 0 Å². The number of hydrogen-bond acceptors (Lipinski definition) is 1. The van der Waals surface area contributed by atoms with E-state index in [1.54, 1.807) is 0 Å². The first-order valence-corrected chi connectivity index (χ1v) is 5.04. The Morgan fingerprint density at radius 1 is 1.07 bits per heavy atom. The third-order valence-corrected chi connectivity index (χ3v) is 2.94. The van der Waals surface area contributed by atoms with Crippen molar-refractivity contribution >= 4 is 12.3 Å². The van der Waals surface area contributed by atoms with Crippen LogP contribution in [-0.2, 0) is 0 Å². The number of aryl methyl sites for hydroxylation is 1. The van der Waals surface area contributed by atoms with Gasteiger partial charge in [0.05, 0.1) is 11.0 Å². The van der Waals surface area contributed by atoms with E-state index in [0.717, 1.165) is 16.3 Å². The fraction of sp³-hybridized carbons (Fsp3) is 0.0714. The smallest absolute Gasteiger partial charge is 0.0722 e. The maximum absolute atomic E-state index is 4.58. The second kappa shape index (κ2) is 2.80. The molecule has 0 aromatic heterocycles. The van der Waals surface area contributed by atoms with E-state index in [1.807, 2.05) is 18.2 Å². The van der Waals surface area contributed by atoms with E-state index in [2.05, 4.69) is 36.7 Å². The van der Waals surface area contributed by atoms with Crippen LogP contribution in [0.2, 0.25) is 0 Å². The van der Waals surface area contributed by atoms with Crippen LogP contribution in [0.5, 0.6) is 0 Å². The second-order valence-electron chi connectivity index (χ2n) is 3.88. The van der Waals surface area contributed by atoms with Gasteiger partial charge in [-0.05, 0) is 29.8 Å². The standard InChI is InChI=1S/C14H11N/c1-9-7-8-13-14(10(9)2)11-5-3-4-6-12(11)15-13/h3-8H,2H2,1H3. The summed E-state index contributed by atoms with van der Waals surface area (Å²) in [5.74, 6) is 0. The first-order chi connectivity index (χ1) is 7.27. The van der Waals surface area contributed by atoms with Crippen molar-refractivity contribution in [1.29, 1.82) is 0 Å². The molecule has 1 aliphatic rings. The molecule has 0 aliphatic carbocycles. The predicted octanol–water partition coefficient (Wildman–Crippen LogP) is 1.96. The molecule has 0 saturated carbocycles. The Labute approximate surface area is 87.7 Å². The van der Waals surface area contributed by atoms with E-state index >= 15 is 0 Å². The number of benzene rings is 2. The summed E-state index contributed by atoms with van der Waals surface area (Å²) in [5.41, 5.74) is 2.27. The van der Waals surface area contributed by atoms with Gasteiger partial charge >= 0.3 is 0 Å². The van der Waals surface area contributed by atoms with Gasteiger partial charge in [0.25, 0.3) is 0 Å². The molecule has 0 fully saturated rings. The first-order valence-electron chi connectivity index (χ1n) is 5.04. The lowest BCUT2D eigenvalue weighted by atomic mass is 10.1. The van der Waals surface area contributed by atoms with Gasteiger partial charge < -0.3 is 0 Å². The number of hydrogen-bond donors (Lipinski definition) is 0. The highest BCUT2D eigenvalue weighted by Gasteiger charge is 2.04. The average molecular weight is 193 g/mol. The Morgan fingerprint density at radius 3 is 2.73 bits per heavy atom. The van der Waals surface area contributed by atoms with Crippen molar-refractivity contribution in [2.24, 2.45) is 4.99 Å². The summed E-state index contributed by atoms with van der Waals surface area (Å²) in [4.78, 5) is 4.58. The van der Waals surface area contributed by atoms with Gasteiger partial charge in [-0.1, -0.05) is 30.8 Å². The number of rotatable bonds is 0. The Kier molecular flexibility index (Phi) is 1.57. The van der Waals surface area contributed by atoms with Crippen LogP contribution >= 0.6 is 0 Å². The second-order valence-corrected chi connectivity index (χ2v) is 3.88. The van der Waals surface area contributed by atoms with Crippen LogP contribution in [0.25, 0.3) is 6.58 Å². The third kappa shape index (κ3) is 1.06. The zero-order valence-electron chi connectivity index (χ0n) is 8.62. The molecule has 0 unspecified atom stereocenters. The summed E-state index contributed by atoms with van der Waals surface area (Å²) in [6, 6.07) is 12.4. The average Bonchev–Trinajstić information content (AvgIpc) is 2.62. The molecular weight excluding hydrogens is 182 g/mol. The molecule has 1 heterocycles. The first kappa shape index (κ1) is 8.42. The highest BCUT2D eigenvalue weighted by Crippen LogP contribution is 2.15. The molecule has 0 amide bonds. The quantitative estimate of drug-likeness (QED) is 0.517. The van der Waals surface area contributed by atoms with Crippen molar-refractivity contribution in [1.82, 2.24) is 0 Å². The minimum atomic E-state index is 1.05. The third-order valence-electron chi connectivity index (χ3n) is 2.94. The van der Waals surface area contributed by atoms with Gasteiger partial charge in [0, 0.05) is 10.4 Å². The topological polar surface area (TPSA) is 12.4 Å². The number of fused-ring (bicyclic) bond motifs is 2. The monoisotopic (exact) mass is 193 g/mol. The lowest BCUT2D eigenvalue weighted by Crippen LogP contribution is -2.06. The molecule has 15 heavy (non-hydrogen) atoms. The van der Waals surface area contributed by atoms with Gasteiger partial charge in [0.15, 0.2) is 0 Å². The van der Waals surface area contributed by atoms with Gasteiger partial charge in [-0.25, -0.2) is 4.99 Å². The maximum Gasteiger partial charge on any atom is 0.0722 e. The lowest BCUT2D eigenvalue weighted by Gasteiger charge is -1.95. The molecule has 0 atom stereocenters. The molecule has 72 valence electrons. The van der Waals surface area contributed by atoms with Crippen LogP contribution in [0.4, 0.5) is 5.69 Å². The van der Waals surface area contributed by atoms with Gasteiger partial charge in [0.2, 0.25) is 0 Å². The highest BCUT2D eigenvalue weighted by atomic mass is 14.7. The molecule has 0 saturated heterocycles. The summed E-state index contributed by atoms with van der Waals surface area (Å²) in [7, 11) is 0. The Bertz CT molecular complexity index is 742. The number of nitrogens with zero attached hydrogens (tertiary/aromatic N) is 1. The van der Waals surface area contributed by atoms with Crippen molar-refractivity contribution in [2.75, 3.05) is 0 Å². The minimum Gasteiger partial charge on any atom is -0.248 e. The zero-order valence-corrected chi connectivity index (χ0v) is 8.62. The van der Waals surface area contributed by atoms with Crippen LogP contribution in [0.1, 0.15) is 5.56 Å². The van der Waals surface area contributed by atoms with E-state index in [1.165, 1.54) is 16.0 Å². The van der Waals surface area contributed by atoms with E-state index in [9.17, 15) is 0 Å². The van der Waals surface area contributed by atoms with Crippen LogP contribution in [0.3, 0.4) is 0 Å². The molecule has 1 heteroatoms. The molecule has 2 aromatic rings. The summed E-state index contributed by atoms with van der Waals surface area (Å²) in [5, 5.41) is 4.57. The van der Waals surface area contributed by atoms with Crippen LogP contribution in [0.15, 0.2) is 41.4 Å². The lowest BCUT2D eigenvalue weighted by molar-refractivity contribution is 1.35. The van der Waals surface area contributed by atoms with Crippen molar-refractivity contribution in [3.8, 4) is 0 Å². The molecule has 0 N–H and O–H groups in total. The molecule has 0 spiro atoms. The molecule has 0 bridgehead atoms. The molecular formula is C14H11N. The fourth-order valence-electron chi connectivity index (χ4n) is 2.05. The Morgan fingerprint density at radius 2 is 1.87 bits per heavy atom. The van der Waals surface area contributed by atoms with Crippen molar-refractivity contribution in [3.05, 3.63) is 63.0 Å². The summed E-state index contributed by atoms with van der Waals surface area (Å²) in [6.45, 7) is 6.22. The van der Waals surface area contributed by atoms with Crippen LogP contribution in [-0.4, -0.2) is 0 Å². The molecule has 1 nitrogen and oxygen atoms in total. The SMILES string of the molecule is C=c1c(C)ccc2c1=c1ccccc1=N2. The summed E-state index contributed by atoms with van der Waals surface area (Å²) >= 11 is 0. The molecule has 0 radical (unpaired) electrons. The summed E-state index contributed by atoms with van der Waals surface area (Å²) in [6.07, 6.45) is 0. The fourth-order valence-corrected chi connectivity index (χ4v) is 2.05. The molecule has 1 aliphatic heterocycles.